The molecule has 1 aromatic heterocycles. The molecule has 140 valence electrons. The molecule has 0 amide bonds. The second-order valence-electron chi connectivity index (χ2n) is 5.99. The van der Waals surface area contributed by atoms with Gasteiger partial charge in [-0.25, -0.2) is 0 Å². The lowest BCUT2D eigenvalue weighted by Crippen LogP contribution is -2.09. The third-order valence-corrected chi connectivity index (χ3v) is 4.38. The van der Waals surface area contributed by atoms with E-state index < -0.39 is 17.7 Å². The summed E-state index contributed by atoms with van der Waals surface area (Å²) in [6, 6.07) is 15.4. The van der Waals surface area contributed by atoms with Gasteiger partial charge in [-0.3, -0.25) is 4.79 Å². The van der Waals surface area contributed by atoms with Gasteiger partial charge in [-0.15, -0.1) is 0 Å². The fraction of sp³-hybridized carbons (Fsp3) is 0.150. The summed E-state index contributed by atoms with van der Waals surface area (Å²) >= 11 is 5.92. The third kappa shape index (κ3) is 4.34. The van der Waals surface area contributed by atoms with Gasteiger partial charge in [0.2, 0.25) is 0 Å². The standard InChI is InChI=1S/C20H15ClF3NO2/c21-15-6-4-13(5-7-15)18-10-8-16(9-11-19(26)27)25(18)17-3-1-2-14(12-17)20(22,23)24/h1-8,10,12H,9,11H2,(H,26,27). The quantitative estimate of drug-likeness (QED) is 0.592. The van der Waals surface area contributed by atoms with Gasteiger partial charge < -0.3 is 9.67 Å². The molecule has 0 saturated carbocycles. The van der Waals surface area contributed by atoms with Gasteiger partial charge in [0.1, 0.15) is 0 Å². The lowest BCUT2D eigenvalue weighted by molar-refractivity contribution is -0.138. The molecule has 0 aliphatic heterocycles. The van der Waals surface area contributed by atoms with Crippen LogP contribution in [0.25, 0.3) is 16.9 Å². The largest absolute Gasteiger partial charge is 0.481 e. The van der Waals surface area contributed by atoms with E-state index in [1.807, 2.05) is 0 Å². The molecule has 27 heavy (non-hydrogen) atoms. The maximum atomic E-state index is 13.1. The van der Waals surface area contributed by atoms with Gasteiger partial charge in [0.15, 0.2) is 0 Å². The first-order chi connectivity index (χ1) is 12.8. The zero-order chi connectivity index (χ0) is 19.6. The molecule has 0 aliphatic carbocycles. The number of hydrogen-bond donors (Lipinski definition) is 1. The molecule has 0 fully saturated rings. The highest BCUT2D eigenvalue weighted by atomic mass is 35.5. The first-order valence-electron chi connectivity index (χ1n) is 8.12. The van der Waals surface area contributed by atoms with Crippen molar-refractivity contribution in [1.29, 1.82) is 0 Å². The molecule has 1 N–H and O–H groups in total. The summed E-state index contributed by atoms with van der Waals surface area (Å²) in [5.41, 5.74) is 1.59. The Hall–Kier alpha value is -2.73. The Balaban J connectivity index is 2.14. The molecule has 0 radical (unpaired) electrons. The number of alkyl halides is 3. The average Bonchev–Trinajstić information content (AvgIpc) is 3.04. The van der Waals surface area contributed by atoms with Gasteiger partial charge in [-0.2, -0.15) is 13.2 Å². The number of carboxylic acid groups (broad SMARTS) is 1. The van der Waals surface area contributed by atoms with Crippen LogP contribution in [0.4, 0.5) is 13.2 Å². The van der Waals surface area contributed by atoms with Crippen molar-refractivity contribution in [3.63, 3.8) is 0 Å². The Bertz CT molecular complexity index is 962. The van der Waals surface area contributed by atoms with Crippen LogP contribution in [0.3, 0.4) is 0 Å². The van der Waals surface area contributed by atoms with Crippen LogP contribution in [0.2, 0.25) is 5.02 Å². The van der Waals surface area contributed by atoms with E-state index in [1.54, 1.807) is 47.0 Å². The molecule has 0 saturated heterocycles. The number of aryl methyl sites for hydroxylation is 1. The second kappa shape index (κ2) is 7.48. The first-order valence-corrected chi connectivity index (χ1v) is 8.49. The Morgan fingerprint density at radius 1 is 1.04 bits per heavy atom. The maximum Gasteiger partial charge on any atom is 0.416 e. The number of aromatic nitrogens is 1. The number of halogens is 4. The normalized spacial score (nSPS) is 11.6. The highest BCUT2D eigenvalue weighted by Crippen LogP contribution is 2.33. The van der Waals surface area contributed by atoms with Crippen molar-refractivity contribution in [1.82, 2.24) is 4.57 Å². The van der Waals surface area contributed by atoms with Crippen LogP contribution in [0.5, 0.6) is 0 Å². The monoisotopic (exact) mass is 393 g/mol. The fourth-order valence-electron chi connectivity index (χ4n) is 2.88. The second-order valence-corrected chi connectivity index (χ2v) is 6.43. The molecule has 7 heteroatoms. The van der Waals surface area contributed by atoms with Crippen molar-refractivity contribution in [2.45, 2.75) is 19.0 Å². The van der Waals surface area contributed by atoms with Crippen LogP contribution in [0, 0.1) is 0 Å². The van der Waals surface area contributed by atoms with E-state index in [1.165, 1.54) is 6.07 Å². The number of benzene rings is 2. The van der Waals surface area contributed by atoms with Crippen molar-refractivity contribution in [3.8, 4) is 16.9 Å². The van der Waals surface area contributed by atoms with Crippen LogP contribution in [-0.2, 0) is 17.4 Å². The molecule has 0 spiro atoms. The van der Waals surface area contributed by atoms with Crippen LogP contribution in [0.15, 0.2) is 60.7 Å². The van der Waals surface area contributed by atoms with Crippen LogP contribution < -0.4 is 0 Å². The first kappa shape index (κ1) is 19.0. The van der Waals surface area contributed by atoms with E-state index in [0.717, 1.165) is 17.7 Å². The van der Waals surface area contributed by atoms with E-state index in [-0.39, 0.29) is 12.8 Å². The lowest BCUT2D eigenvalue weighted by Gasteiger charge is -2.16. The van der Waals surface area contributed by atoms with Gasteiger partial charge in [0, 0.05) is 16.4 Å². The van der Waals surface area contributed by atoms with Crippen LogP contribution in [-0.4, -0.2) is 15.6 Å². The Morgan fingerprint density at radius 2 is 1.74 bits per heavy atom. The van der Waals surface area contributed by atoms with Crippen molar-refractivity contribution < 1.29 is 23.1 Å². The summed E-state index contributed by atoms with van der Waals surface area (Å²) in [7, 11) is 0. The zero-order valence-electron chi connectivity index (χ0n) is 14.0. The maximum absolute atomic E-state index is 13.1. The highest BCUT2D eigenvalue weighted by Gasteiger charge is 2.30. The van der Waals surface area contributed by atoms with Crippen molar-refractivity contribution in [2.75, 3.05) is 0 Å². The summed E-state index contributed by atoms with van der Waals surface area (Å²) in [5, 5.41) is 9.51. The Kier molecular flexibility index (Phi) is 5.28. The van der Waals surface area contributed by atoms with Crippen molar-refractivity contribution in [3.05, 3.63) is 76.9 Å². The summed E-state index contributed by atoms with van der Waals surface area (Å²) in [6.07, 6.45) is -4.40. The summed E-state index contributed by atoms with van der Waals surface area (Å²) in [5.74, 6) is -0.972. The number of carboxylic acids is 1. The van der Waals surface area contributed by atoms with E-state index in [2.05, 4.69) is 0 Å². The van der Waals surface area contributed by atoms with Crippen molar-refractivity contribution in [2.24, 2.45) is 0 Å². The van der Waals surface area contributed by atoms with E-state index in [0.29, 0.717) is 22.1 Å². The Morgan fingerprint density at radius 3 is 2.37 bits per heavy atom. The fourth-order valence-corrected chi connectivity index (χ4v) is 3.01. The number of aliphatic carboxylic acids is 1. The summed E-state index contributed by atoms with van der Waals surface area (Å²) in [6.45, 7) is 0. The molecular formula is C20H15ClF3NO2. The lowest BCUT2D eigenvalue weighted by atomic mass is 10.1. The summed E-state index contributed by atoms with van der Waals surface area (Å²) in [4.78, 5) is 10.9. The predicted molar refractivity (Wildman–Crippen MR) is 97.2 cm³/mol. The van der Waals surface area contributed by atoms with Crippen LogP contribution >= 0.6 is 11.6 Å². The van der Waals surface area contributed by atoms with Crippen LogP contribution in [0.1, 0.15) is 17.7 Å². The minimum atomic E-state index is -4.47. The van der Waals surface area contributed by atoms with E-state index >= 15 is 0 Å². The summed E-state index contributed by atoms with van der Waals surface area (Å²) < 4.78 is 41.0. The third-order valence-electron chi connectivity index (χ3n) is 4.13. The predicted octanol–water partition coefficient (Wildman–Crippen LogP) is 5.83. The average molecular weight is 394 g/mol. The molecule has 0 aliphatic rings. The topological polar surface area (TPSA) is 42.2 Å². The van der Waals surface area contributed by atoms with Gasteiger partial charge >= 0.3 is 12.1 Å². The Labute approximate surface area is 158 Å². The number of hydrogen-bond acceptors (Lipinski definition) is 1. The van der Waals surface area contributed by atoms with Crippen molar-refractivity contribution >= 4 is 17.6 Å². The van der Waals surface area contributed by atoms with Gasteiger partial charge in [-0.1, -0.05) is 29.8 Å². The molecule has 3 aromatic rings. The molecule has 1 heterocycles. The SMILES string of the molecule is O=C(O)CCc1ccc(-c2ccc(Cl)cc2)n1-c1cccc(C(F)(F)F)c1. The number of carbonyl (C=O) groups is 1. The minimum Gasteiger partial charge on any atom is -0.481 e. The van der Waals surface area contributed by atoms with E-state index in [9.17, 15) is 18.0 Å². The van der Waals surface area contributed by atoms with Gasteiger partial charge in [-0.05, 0) is 54.4 Å². The zero-order valence-corrected chi connectivity index (χ0v) is 14.8. The molecular weight excluding hydrogens is 379 g/mol. The molecule has 0 bridgehead atoms. The molecule has 0 atom stereocenters. The van der Waals surface area contributed by atoms with Gasteiger partial charge in [0.05, 0.1) is 17.7 Å². The number of rotatable bonds is 5. The minimum absolute atomic E-state index is 0.122. The molecule has 3 nitrogen and oxygen atoms in total. The molecule has 3 rings (SSSR count). The van der Waals surface area contributed by atoms with E-state index in [4.69, 9.17) is 16.7 Å². The highest BCUT2D eigenvalue weighted by molar-refractivity contribution is 6.30. The van der Waals surface area contributed by atoms with Gasteiger partial charge in [0.25, 0.3) is 0 Å². The molecule has 2 aromatic carbocycles. The number of nitrogens with zero attached hydrogens (tertiary/aromatic N) is 1. The smallest absolute Gasteiger partial charge is 0.416 e. The molecule has 0 unspecified atom stereocenters.